The molecule has 26 heavy (non-hydrogen) atoms. The van der Waals surface area contributed by atoms with Gasteiger partial charge in [-0.3, -0.25) is 0 Å². The van der Waals surface area contributed by atoms with Gasteiger partial charge >= 0.3 is 0 Å². The predicted molar refractivity (Wildman–Crippen MR) is 104 cm³/mol. The first-order valence-electron chi connectivity index (χ1n) is 8.99. The number of benzene rings is 1. The quantitative estimate of drug-likeness (QED) is 0.715. The zero-order valence-electron chi connectivity index (χ0n) is 15.7. The molecule has 2 aromatic rings. The van der Waals surface area contributed by atoms with Crippen LogP contribution in [0.5, 0.6) is 11.5 Å². The second kappa shape index (κ2) is 8.71. The molecule has 0 saturated carbocycles. The molecule has 1 aliphatic rings. The molecule has 0 radical (unpaired) electrons. The van der Waals surface area contributed by atoms with E-state index in [1.165, 1.54) is 19.5 Å². The van der Waals surface area contributed by atoms with E-state index in [2.05, 4.69) is 32.4 Å². The molecule has 0 amide bonds. The summed E-state index contributed by atoms with van der Waals surface area (Å²) in [5, 5.41) is 6.20. The van der Waals surface area contributed by atoms with E-state index >= 15 is 0 Å². The first kappa shape index (κ1) is 18.3. The van der Waals surface area contributed by atoms with Crippen molar-refractivity contribution in [3.05, 3.63) is 30.5 Å². The summed E-state index contributed by atoms with van der Waals surface area (Å²) >= 11 is 0. The number of aromatic nitrogens is 2. The van der Waals surface area contributed by atoms with Crippen molar-refractivity contribution in [2.24, 2.45) is 5.92 Å². The van der Waals surface area contributed by atoms with E-state index in [0.29, 0.717) is 18.5 Å². The Morgan fingerprint density at radius 3 is 2.77 bits per heavy atom. The van der Waals surface area contributed by atoms with Crippen molar-refractivity contribution >= 4 is 17.5 Å². The maximum atomic E-state index is 6.04. The first-order valence-corrected chi connectivity index (χ1v) is 8.99. The Labute approximate surface area is 154 Å². The summed E-state index contributed by atoms with van der Waals surface area (Å²) in [7, 11) is 3.48. The van der Waals surface area contributed by atoms with Gasteiger partial charge in [-0.25, -0.2) is 4.98 Å². The summed E-state index contributed by atoms with van der Waals surface area (Å²) in [6.45, 7) is 6.36. The van der Waals surface area contributed by atoms with Crippen LogP contribution in [-0.4, -0.2) is 55.3 Å². The van der Waals surface area contributed by atoms with Gasteiger partial charge in [0.1, 0.15) is 5.82 Å². The molecule has 1 saturated heterocycles. The largest absolute Gasteiger partial charge is 0.493 e. The molecule has 3 rings (SSSR count). The number of nitrogens with one attached hydrogen (secondary N) is 2. The number of anilines is 3. The van der Waals surface area contributed by atoms with Crippen LogP contribution in [0.2, 0.25) is 0 Å². The van der Waals surface area contributed by atoms with Crippen LogP contribution in [0, 0.1) is 5.92 Å². The number of methoxy groups -OCH3 is 1. The summed E-state index contributed by atoms with van der Waals surface area (Å²) in [6, 6.07) is 7.54. The smallest absolute Gasteiger partial charge is 0.229 e. The minimum absolute atomic E-state index is 0.465. The summed E-state index contributed by atoms with van der Waals surface area (Å²) < 4.78 is 11.5. The Morgan fingerprint density at radius 1 is 1.23 bits per heavy atom. The van der Waals surface area contributed by atoms with E-state index in [0.717, 1.165) is 29.5 Å². The van der Waals surface area contributed by atoms with Gasteiger partial charge < -0.3 is 25.0 Å². The lowest BCUT2D eigenvalue weighted by molar-refractivity contribution is 0.131. The molecule has 1 aromatic carbocycles. The average molecular weight is 357 g/mol. The Morgan fingerprint density at radius 2 is 2.08 bits per heavy atom. The molecule has 7 nitrogen and oxygen atoms in total. The molecule has 2 N–H and O–H groups in total. The standard InChI is InChI=1S/C19H27N5O2/c1-14(12-24-9-4-10-24)13-26-17-11-15(5-6-16(17)25-3)22-19-21-8-7-18(20-2)23-19/h5-8,11,14H,4,9-10,12-13H2,1-3H3,(H2,20,21,22,23)/t14-/m0/s1. The first-order chi connectivity index (χ1) is 12.7. The highest BCUT2D eigenvalue weighted by atomic mass is 16.5. The van der Waals surface area contributed by atoms with Gasteiger partial charge in [-0.15, -0.1) is 0 Å². The molecule has 0 bridgehead atoms. The van der Waals surface area contributed by atoms with Crippen LogP contribution in [0.1, 0.15) is 13.3 Å². The minimum Gasteiger partial charge on any atom is -0.493 e. The molecule has 7 heteroatoms. The lowest BCUT2D eigenvalue weighted by atomic mass is 10.1. The lowest BCUT2D eigenvalue weighted by Crippen LogP contribution is -2.41. The van der Waals surface area contributed by atoms with Crippen LogP contribution in [0.4, 0.5) is 17.5 Å². The predicted octanol–water partition coefficient (Wildman–Crippen LogP) is 2.99. The summed E-state index contributed by atoms with van der Waals surface area (Å²) in [6.07, 6.45) is 3.02. The highest BCUT2D eigenvalue weighted by Gasteiger charge is 2.17. The molecule has 1 aliphatic heterocycles. The Kier molecular flexibility index (Phi) is 6.12. The molecule has 2 heterocycles. The highest BCUT2D eigenvalue weighted by Crippen LogP contribution is 2.31. The number of hydrogen-bond acceptors (Lipinski definition) is 7. The van der Waals surface area contributed by atoms with E-state index in [4.69, 9.17) is 9.47 Å². The van der Waals surface area contributed by atoms with Crippen LogP contribution in [-0.2, 0) is 0 Å². The third-order valence-electron chi connectivity index (χ3n) is 4.37. The molecule has 1 aromatic heterocycles. The normalized spacial score (nSPS) is 15.0. The summed E-state index contributed by atoms with van der Waals surface area (Å²) in [5.41, 5.74) is 0.851. The number of nitrogens with zero attached hydrogens (tertiary/aromatic N) is 3. The fourth-order valence-electron chi connectivity index (χ4n) is 2.84. The Bertz CT molecular complexity index is 721. The maximum absolute atomic E-state index is 6.04. The van der Waals surface area contributed by atoms with Crippen LogP contribution >= 0.6 is 0 Å². The Hall–Kier alpha value is -2.54. The van der Waals surface area contributed by atoms with Crippen molar-refractivity contribution in [1.82, 2.24) is 14.9 Å². The third kappa shape index (κ3) is 4.76. The molecular formula is C19H27N5O2. The fourth-order valence-corrected chi connectivity index (χ4v) is 2.84. The van der Waals surface area contributed by atoms with Gasteiger partial charge in [-0.05, 0) is 37.7 Å². The minimum atomic E-state index is 0.465. The SMILES string of the molecule is CNc1ccnc(Nc2ccc(OC)c(OC[C@@H](C)CN3CCC3)c2)n1. The van der Waals surface area contributed by atoms with Crippen molar-refractivity contribution in [1.29, 1.82) is 0 Å². The van der Waals surface area contributed by atoms with Gasteiger partial charge in [0.2, 0.25) is 5.95 Å². The van der Waals surface area contributed by atoms with E-state index < -0.39 is 0 Å². The van der Waals surface area contributed by atoms with Gasteiger partial charge in [0, 0.05) is 37.5 Å². The molecule has 0 unspecified atom stereocenters. The zero-order chi connectivity index (χ0) is 18.4. The molecule has 0 spiro atoms. The van der Waals surface area contributed by atoms with Crippen molar-refractivity contribution in [3.63, 3.8) is 0 Å². The van der Waals surface area contributed by atoms with Crippen LogP contribution < -0.4 is 20.1 Å². The molecule has 1 atom stereocenters. The topological polar surface area (TPSA) is 71.5 Å². The molecular weight excluding hydrogens is 330 g/mol. The molecule has 1 fully saturated rings. The van der Waals surface area contributed by atoms with Crippen molar-refractivity contribution in [2.45, 2.75) is 13.3 Å². The second-order valence-corrected chi connectivity index (χ2v) is 6.58. The second-order valence-electron chi connectivity index (χ2n) is 6.58. The summed E-state index contributed by atoms with van der Waals surface area (Å²) in [4.78, 5) is 11.1. The average Bonchev–Trinajstić information content (AvgIpc) is 2.63. The third-order valence-corrected chi connectivity index (χ3v) is 4.37. The lowest BCUT2D eigenvalue weighted by Gasteiger charge is -2.33. The van der Waals surface area contributed by atoms with E-state index in [-0.39, 0.29) is 0 Å². The summed E-state index contributed by atoms with van der Waals surface area (Å²) in [5.74, 6) is 3.19. The van der Waals surface area contributed by atoms with Crippen LogP contribution in [0.25, 0.3) is 0 Å². The fraction of sp³-hybridized carbons (Fsp3) is 0.474. The number of likely N-dealkylation sites (tertiary alicyclic amines) is 1. The van der Waals surface area contributed by atoms with Crippen molar-refractivity contribution in [3.8, 4) is 11.5 Å². The number of hydrogen-bond donors (Lipinski definition) is 2. The van der Waals surface area contributed by atoms with Crippen LogP contribution in [0.15, 0.2) is 30.5 Å². The zero-order valence-corrected chi connectivity index (χ0v) is 15.7. The van der Waals surface area contributed by atoms with Gasteiger partial charge in [-0.2, -0.15) is 4.98 Å². The molecule has 0 aliphatic carbocycles. The van der Waals surface area contributed by atoms with E-state index in [1.54, 1.807) is 13.3 Å². The molecule has 140 valence electrons. The monoisotopic (exact) mass is 357 g/mol. The van der Waals surface area contributed by atoms with Crippen LogP contribution in [0.3, 0.4) is 0 Å². The number of rotatable bonds is 9. The van der Waals surface area contributed by atoms with E-state index in [1.807, 2.05) is 31.3 Å². The van der Waals surface area contributed by atoms with Gasteiger partial charge in [0.25, 0.3) is 0 Å². The van der Waals surface area contributed by atoms with Gasteiger partial charge in [0.05, 0.1) is 13.7 Å². The van der Waals surface area contributed by atoms with Crippen molar-refractivity contribution < 1.29 is 9.47 Å². The van der Waals surface area contributed by atoms with Crippen molar-refractivity contribution in [2.75, 3.05) is 51.0 Å². The van der Waals surface area contributed by atoms with E-state index in [9.17, 15) is 0 Å². The highest BCUT2D eigenvalue weighted by molar-refractivity contribution is 5.60. The number of ether oxygens (including phenoxy) is 2. The van der Waals surface area contributed by atoms with Gasteiger partial charge in [0.15, 0.2) is 11.5 Å². The van der Waals surface area contributed by atoms with Gasteiger partial charge in [-0.1, -0.05) is 6.92 Å². The Balaban J connectivity index is 1.65. The maximum Gasteiger partial charge on any atom is 0.229 e.